The number of nitrogens with one attached hydrogen (secondary N) is 1. The number of fused-ring (bicyclic) bond motifs is 1. The molecule has 1 aliphatic carbocycles. The Bertz CT molecular complexity index is 637. The minimum atomic E-state index is -0.305. The molecule has 2 unspecified atom stereocenters. The topological polar surface area (TPSA) is 62.5 Å². The van der Waals surface area contributed by atoms with E-state index < -0.39 is 0 Å². The molecule has 0 bridgehead atoms. The molecule has 2 N–H and O–H groups in total. The van der Waals surface area contributed by atoms with Crippen LogP contribution in [0.1, 0.15) is 29.8 Å². The van der Waals surface area contributed by atoms with Crippen LogP contribution in [0.25, 0.3) is 11.0 Å². The van der Waals surface area contributed by atoms with E-state index in [1.165, 1.54) is 0 Å². The van der Waals surface area contributed by atoms with Gasteiger partial charge < -0.3 is 14.8 Å². The maximum absolute atomic E-state index is 12.1. The van der Waals surface area contributed by atoms with E-state index in [-0.39, 0.29) is 23.7 Å². The monoisotopic (exact) mass is 293 g/mol. The molecule has 0 aliphatic heterocycles. The molecule has 5 heteroatoms. The van der Waals surface area contributed by atoms with Crippen LogP contribution < -0.4 is 5.32 Å². The molecule has 1 heterocycles. The van der Waals surface area contributed by atoms with Crippen LogP contribution in [0.3, 0.4) is 0 Å². The summed E-state index contributed by atoms with van der Waals surface area (Å²) < 4.78 is 5.50. The Morgan fingerprint density at radius 2 is 2.30 bits per heavy atom. The highest BCUT2D eigenvalue weighted by Gasteiger charge is 2.26. The minimum absolute atomic E-state index is 0.145. The lowest BCUT2D eigenvalue weighted by atomic mass is 10.1. The normalized spacial score (nSPS) is 22.3. The number of aliphatic hydroxyl groups is 1. The van der Waals surface area contributed by atoms with Gasteiger partial charge in [0.05, 0.1) is 11.1 Å². The Kier molecular flexibility index (Phi) is 3.68. The third-order valence-corrected chi connectivity index (χ3v) is 4.16. The predicted molar refractivity (Wildman–Crippen MR) is 76.9 cm³/mol. The number of aliphatic hydroxyl groups excluding tert-OH is 1. The highest BCUT2D eigenvalue weighted by atomic mass is 35.5. The molecule has 2 atom stereocenters. The van der Waals surface area contributed by atoms with Crippen molar-refractivity contribution in [2.24, 2.45) is 5.92 Å². The molecule has 1 saturated carbocycles. The average Bonchev–Trinajstić information content (AvgIpc) is 3.03. The lowest BCUT2D eigenvalue weighted by molar-refractivity contribution is 0.0892. The molecule has 0 spiro atoms. The van der Waals surface area contributed by atoms with Gasteiger partial charge in [-0.05, 0) is 25.0 Å². The van der Waals surface area contributed by atoms with E-state index in [1.54, 1.807) is 12.1 Å². The maximum atomic E-state index is 12.1. The fourth-order valence-electron chi connectivity index (χ4n) is 2.71. The van der Waals surface area contributed by atoms with Crippen molar-refractivity contribution in [1.82, 2.24) is 5.32 Å². The molecule has 0 radical (unpaired) electrons. The summed E-state index contributed by atoms with van der Waals surface area (Å²) in [4.78, 5) is 12.1. The van der Waals surface area contributed by atoms with Crippen molar-refractivity contribution in [1.29, 1.82) is 0 Å². The number of hydrogen-bond acceptors (Lipinski definition) is 3. The zero-order valence-electron chi connectivity index (χ0n) is 10.9. The van der Waals surface area contributed by atoms with Gasteiger partial charge in [-0.25, -0.2) is 0 Å². The van der Waals surface area contributed by atoms with Gasteiger partial charge in [-0.15, -0.1) is 0 Å². The van der Waals surface area contributed by atoms with Crippen LogP contribution in [0.4, 0.5) is 0 Å². The first-order chi connectivity index (χ1) is 9.65. The molecule has 2 aromatic rings. The predicted octanol–water partition coefficient (Wildman–Crippen LogP) is 2.98. The molecule has 1 aliphatic rings. The van der Waals surface area contributed by atoms with Crippen LogP contribution in [-0.4, -0.2) is 23.7 Å². The Labute approximate surface area is 121 Å². The molecule has 4 nitrogen and oxygen atoms in total. The van der Waals surface area contributed by atoms with Gasteiger partial charge in [0.1, 0.15) is 0 Å². The van der Waals surface area contributed by atoms with E-state index >= 15 is 0 Å². The Morgan fingerprint density at radius 1 is 1.45 bits per heavy atom. The van der Waals surface area contributed by atoms with E-state index in [0.29, 0.717) is 17.2 Å². The molecule has 0 saturated heterocycles. The quantitative estimate of drug-likeness (QED) is 0.914. The molecule has 1 aromatic carbocycles. The second-order valence-corrected chi connectivity index (χ2v) is 5.64. The number of amides is 1. The first kappa shape index (κ1) is 13.5. The van der Waals surface area contributed by atoms with E-state index in [4.69, 9.17) is 16.0 Å². The first-order valence-electron chi connectivity index (χ1n) is 6.79. The second-order valence-electron chi connectivity index (χ2n) is 5.24. The summed E-state index contributed by atoms with van der Waals surface area (Å²) in [6.45, 7) is 0.477. The van der Waals surface area contributed by atoms with Crippen LogP contribution in [0.2, 0.25) is 5.02 Å². The van der Waals surface area contributed by atoms with Crippen molar-refractivity contribution in [3.8, 4) is 0 Å². The van der Waals surface area contributed by atoms with E-state index in [1.807, 2.05) is 12.1 Å². The van der Waals surface area contributed by atoms with Crippen molar-refractivity contribution in [2.75, 3.05) is 6.54 Å². The molecule has 1 amide bonds. The molecule has 20 heavy (non-hydrogen) atoms. The van der Waals surface area contributed by atoms with Gasteiger partial charge in [0.15, 0.2) is 11.3 Å². The highest BCUT2D eigenvalue weighted by Crippen LogP contribution is 2.27. The van der Waals surface area contributed by atoms with Gasteiger partial charge >= 0.3 is 0 Å². The number of furan rings is 1. The average molecular weight is 294 g/mol. The number of rotatable bonds is 3. The van der Waals surface area contributed by atoms with Crippen LogP contribution in [0.15, 0.2) is 28.7 Å². The number of hydrogen-bond donors (Lipinski definition) is 2. The van der Waals surface area contributed by atoms with Crippen LogP contribution in [-0.2, 0) is 0 Å². The Hall–Kier alpha value is -1.52. The molecular weight excluding hydrogens is 278 g/mol. The van der Waals surface area contributed by atoms with Gasteiger partial charge in [-0.3, -0.25) is 4.79 Å². The van der Waals surface area contributed by atoms with Gasteiger partial charge in [-0.1, -0.05) is 30.2 Å². The zero-order chi connectivity index (χ0) is 14.1. The lowest BCUT2D eigenvalue weighted by Gasteiger charge is -2.14. The molecule has 3 rings (SSSR count). The second kappa shape index (κ2) is 5.46. The summed E-state index contributed by atoms with van der Waals surface area (Å²) in [6, 6.07) is 7.07. The van der Waals surface area contributed by atoms with Crippen molar-refractivity contribution in [2.45, 2.75) is 25.4 Å². The van der Waals surface area contributed by atoms with Gasteiger partial charge in [0.2, 0.25) is 0 Å². The summed E-state index contributed by atoms with van der Waals surface area (Å²) in [5.74, 6) is 0.129. The molecule has 106 valence electrons. The Balaban J connectivity index is 1.71. The van der Waals surface area contributed by atoms with Gasteiger partial charge in [0, 0.05) is 17.8 Å². The summed E-state index contributed by atoms with van der Waals surface area (Å²) in [6.07, 6.45) is 2.48. The third-order valence-electron chi connectivity index (χ3n) is 3.86. The third kappa shape index (κ3) is 2.53. The summed E-state index contributed by atoms with van der Waals surface area (Å²) in [5, 5.41) is 13.8. The molecular formula is C15H16ClNO3. The zero-order valence-corrected chi connectivity index (χ0v) is 11.7. The van der Waals surface area contributed by atoms with Crippen LogP contribution in [0, 0.1) is 5.92 Å². The number of benzene rings is 1. The summed E-state index contributed by atoms with van der Waals surface area (Å²) in [5.41, 5.74) is 0.528. The highest BCUT2D eigenvalue weighted by molar-refractivity contribution is 6.34. The first-order valence-corrected chi connectivity index (χ1v) is 7.17. The van der Waals surface area contributed by atoms with Crippen molar-refractivity contribution < 1.29 is 14.3 Å². The number of para-hydroxylation sites is 1. The van der Waals surface area contributed by atoms with Crippen LogP contribution in [0.5, 0.6) is 0 Å². The lowest BCUT2D eigenvalue weighted by Crippen LogP contribution is -2.32. The van der Waals surface area contributed by atoms with E-state index in [9.17, 15) is 9.90 Å². The summed E-state index contributed by atoms with van der Waals surface area (Å²) in [7, 11) is 0. The fourth-order valence-corrected chi connectivity index (χ4v) is 2.93. The molecule has 1 aromatic heterocycles. The van der Waals surface area contributed by atoms with Gasteiger partial charge in [-0.2, -0.15) is 0 Å². The van der Waals surface area contributed by atoms with Crippen molar-refractivity contribution >= 4 is 28.5 Å². The number of carbonyl (C=O) groups is 1. The standard InChI is InChI=1S/C15H16ClNO3/c16-11-5-1-3-9-7-13(20-14(9)11)15(19)17-8-10-4-2-6-12(10)18/h1,3,5,7,10,12,18H,2,4,6,8H2,(H,17,19). The number of halogens is 1. The van der Waals surface area contributed by atoms with Crippen molar-refractivity contribution in [3.05, 3.63) is 35.0 Å². The van der Waals surface area contributed by atoms with Crippen molar-refractivity contribution in [3.63, 3.8) is 0 Å². The summed E-state index contributed by atoms with van der Waals surface area (Å²) >= 11 is 6.02. The van der Waals surface area contributed by atoms with E-state index in [2.05, 4.69) is 5.32 Å². The van der Waals surface area contributed by atoms with Crippen LogP contribution >= 0.6 is 11.6 Å². The fraction of sp³-hybridized carbons (Fsp3) is 0.400. The largest absolute Gasteiger partial charge is 0.449 e. The van der Waals surface area contributed by atoms with Gasteiger partial charge in [0.25, 0.3) is 5.91 Å². The Morgan fingerprint density at radius 3 is 3.00 bits per heavy atom. The number of carbonyl (C=O) groups excluding carboxylic acids is 1. The SMILES string of the molecule is O=C(NCC1CCCC1O)c1cc2cccc(Cl)c2o1. The molecule has 1 fully saturated rings. The minimum Gasteiger partial charge on any atom is -0.449 e. The van der Waals surface area contributed by atoms with E-state index in [0.717, 1.165) is 24.6 Å². The maximum Gasteiger partial charge on any atom is 0.287 e. The smallest absolute Gasteiger partial charge is 0.287 e.